The molecule has 0 aliphatic rings. The van der Waals surface area contributed by atoms with Crippen LogP contribution in [0.5, 0.6) is 0 Å². The van der Waals surface area contributed by atoms with Crippen LogP contribution in [0.1, 0.15) is 0 Å². The highest BCUT2D eigenvalue weighted by Gasteiger charge is 1.88. The number of hydrogen-bond donors (Lipinski definition) is 1. The summed E-state index contributed by atoms with van der Waals surface area (Å²) in [6.45, 7) is 0. The summed E-state index contributed by atoms with van der Waals surface area (Å²) in [4.78, 5) is 0. The van der Waals surface area contributed by atoms with Crippen LogP contribution in [0.3, 0.4) is 0 Å². The van der Waals surface area contributed by atoms with E-state index in [4.69, 9.17) is 0 Å². The van der Waals surface area contributed by atoms with E-state index < -0.39 is 0 Å². The number of hydrogen-bond acceptors (Lipinski definition) is 1. The largest absolute Gasteiger partial charge is 0.344 e. The van der Waals surface area contributed by atoms with Gasteiger partial charge in [0.05, 0.1) is 28.2 Å². The van der Waals surface area contributed by atoms with Gasteiger partial charge in [0.15, 0.2) is 0 Å². The molecule has 0 bridgehead atoms. The summed E-state index contributed by atoms with van der Waals surface area (Å²) in [6, 6.07) is 0. The Morgan fingerprint density at radius 2 is 0.857 bits per heavy atom. The van der Waals surface area contributed by atoms with Crippen molar-refractivity contribution in [2.75, 3.05) is 28.2 Å². The van der Waals surface area contributed by atoms with Gasteiger partial charge in [-0.15, -0.1) is 17.0 Å². The van der Waals surface area contributed by atoms with Gasteiger partial charge < -0.3 is 10.6 Å². The Kier molecular flexibility index (Phi) is 10.2. The number of nitrogens with zero attached hydrogens (tertiary/aromatic N) is 1. The average Bonchev–Trinajstić information content (AvgIpc) is 0.722. The van der Waals surface area contributed by atoms with Crippen LogP contribution in [-0.4, -0.2) is 32.7 Å². The Labute approximate surface area is 56.5 Å². The lowest BCUT2D eigenvalue weighted by Gasteiger charge is -2.14. The second-order valence-corrected chi connectivity index (χ2v) is 2.68. The molecule has 3 N–H and O–H groups in total. The molecule has 0 aliphatic heterocycles. The third kappa shape index (κ3) is 774. The molecule has 0 radical (unpaired) electrons. The molecule has 0 fully saturated rings. The van der Waals surface area contributed by atoms with Crippen LogP contribution >= 0.6 is 17.0 Å². The van der Waals surface area contributed by atoms with Gasteiger partial charge in [-0.1, -0.05) is 0 Å². The van der Waals surface area contributed by atoms with E-state index in [0.717, 1.165) is 4.48 Å². The zero-order chi connectivity index (χ0) is 4.50. The maximum Gasteiger partial charge on any atom is 0.0675 e. The smallest absolute Gasteiger partial charge is 0.0675 e. The molecule has 0 spiro atoms. The van der Waals surface area contributed by atoms with Gasteiger partial charge in [-0.3, -0.25) is 0 Å². The lowest BCUT2D eigenvalue weighted by atomic mass is 10.8. The zero-order valence-electron chi connectivity index (χ0n) is 5.56. The van der Waals surface area contributed by atoms with Crippen LogP contribution in [0.4, 0.5) is 0 Å². The molecule has 0 heterocycles. The van der Waals surface area contributed by atoms with Gasteiger partial charge >= 0.3 is 0 Å². The molecular formula is C4H16BrN2+. The fraction of sp³-hybridized carbons (Fsp3) is 1.00. The normalized spacial score (nSPS) is 8.57. The molecule has 0 amide bonds. The van der Waals surface area contributed by atoms with Crippen molar-refractivity contribution in [1.29, 1.82) is 0 Å². The van der Waals surface area contributed by atoms with E-state index in [-0.39, 0.29) is 23.1 Å². The summed E-state index contributed by atoms with van der Waals surface area (Å²) in [5, 5.41) is 0. The third-order valence-corrected chi connectivity index (χ3v) is 0. The molecule has 0 saturated carbocycles. The van der Waals surface area contributed by atoms with E-state index in [1.807, 2.05) is 0 Å². The van der Waals surface area contributed by atoms with E-state index in [2.05, 4.69) is 28.2 Å². The highest BCUT2D eigenvalue weighted by atomic mass is 79.9. The van der Waals surface area contributed by atoms with Crippen LogP contribution < -0.4 is 6.15 Å². The number of quaternary nitrogens is 1. The first-order valence-electron chi connectivity index (χ1n) is 1.79. The van der Waals surface area contributed by atoms with Gasteiger partial charge in [-0.2, -0.15) is 0 Å². The first-order valence-corrected chi connectivity index (χ1v) is 1.79. The molecule has 0 aromatic heterocycles. The summed E-state index contributed by atoms with van der Waals surface area (Å²) >= 11 is 0. The molecule has 0 unspecified atom stereocenters. The van der Waals surface area contributed by atoms with E-state index in [1.165, 1.54) is 0 Å². The van der Waals surface area contributed by atoms with Crippen LogP contribution in [0.15, 0.2) is 0 Å². The first-order chi connectivity index (χ1) is 2.00. The molecular weight excluding hydrogens is 156 g/mol. The predicted molar refractivity (Wildman–Crippen MR) is 39.3 cm³/mol. The van der Waals surface area contributed by atoms with E-state index >= 15 is 0 Å². The van der Waals surface area contributed by atoms with Gasteiger partial charge in [0.25, 0.3) is 0 Å². The molecule has 0 rings (SSSR count). The molecule has 2 nitrogen and oxygen atoms in total. The maximum absolute atomic E-state index is 2.12. The second-order valence-electron chi connectivity index (χ2n) is 2.68. The quantitative estimate of drug-likeness (QED) is 0.545. The average molecular weight is 172 g/mol. The van der Waals surface area contributed by atoms with E-state index in [1.54, 1.807) is 0 Å². The summed E-state index contributed by atoms with van der Waals surface area (Å²) in [6.07, 6.45) is 0. The van der Waals surface area contributed by atoms with Crippen LogP contribution in [0.2, 0.25) is 0 Å². The summed E-state index contributed by atoms with van der Waals surface area (Å²) in [5.41, 5.74) is 0. The van der Waals surface area contributed by atoms with Crippen molar-refractivity contribution in [2.24, 2.45) is 0 Å². The monoisotopic (exact) mass is 171 g/mol. The van der Waals surface area contributed by atoms with Gasteiger partial charge in [0, 0.05) is 0 Å². The molecule has 0 atom stereocenters. The molecule has 48 valence electrons. The minimum absolute atomic E-state index is 0. The van der Waals surface area contributed by atoms with Crippen LogP contribution in [0, 0.1) is 0 Å². The fourth-order valence-corrected chi connectivity index (χ4v) is 0. The Hall–Kier alpha value is 0.400. The number of halogens is 1. The SMILES string of the molecule is Br.C[N+](C)(C)C.N. The molecule has 0 saturated heterocycles. The van der Waals surface area contributed by atoms with E-state index in [9.17, 15) is 0 Å². The van der Waals surface area contributed by atoms with Gasteiger partial charge in [-0.05, 0) is 0 Å². The second kappa shape index (κ2) is 4.56. The standard InChI is InChI=1S/C4H12N.BrH.H3N/c1-5(2,3)4;;/h1-4H3;1H;1H3/q+1;;. The first kappa shape index (κ1) is 15.7. The number of rotatable bonds is 0. The lowest BCUT2D eigenvalue weighted by molar-refractivity contribution is -0.849. The molecule has 3 heteroatoms. The van der Waals surface area contributed by atoms with Crippen molar-refractivity contribution in [2.45, 2.75) is 0 Å². The van der Waals surface area contributed by atoms with Gasteiger partial charge in [0.1, 0.15) is 0 Å². The summed E-state index contributed by atoms with van der Waals surface area (Å²) < 4.78 is 1.00. The highest BCUT2D eigenvalue weighted by molar-refractivity contribution is 8.93. The van der Waals surface area contributed by atoms with Gasteiger partial charge in [-0.25, -0.2) is 0 Å². The van der Waals surface area contributed by atoms with Crippen molar-refractivity contribution in [3.63, 3.8) is 0 Å². The molecule has 0 aromatic rings. The Morgan fingerprint density at radius 3 is 0.857 bits per heavy atom. The van der Waals surface area contributed by atoms with Crippen molar-refractivity contribution in [3.05, 3.63) is 0 Å². The van der Waals surface area contributed by atoms with Crippen molar-refractivity contribution < 1.29 is 4.48 Å². The van der Waals surface area contributed by atoms with Crippen molar-refractivity contribution in [3.8, 4) is 0 Å². The molecule has 7 heavy (non-hydrogen) atoms. The Bertz CT molecular complexity index is 25.2. The summed E-state index contributed by atoms with van der Waals surface area (Å²) in [5.74, 6) is 0. The Balaban J connectivity index is -0.0000000800. The summed E-state index contributed by atoms with van der Waals surface area (Å²) in [7, 11) is 8.50. The highest BCUT2D eigenvalue weighted by Crippen LogP contribution is 1.73. The van der Waals surface area contributed by atoms with Crippen LogP contribution in [-0.2, 0) is 0 Å². The topological polar surface area (TPSA) is 35.0 Å². The van der Waals surface area contributed by atoms with Crippen LogP contribution in [0.25, 0.3) is 0 Å². The third-order valence-electron chi connectivity index (χ3n) is 0. The zero-order valence-corrected chi connectivity index (χ0v) is 7.28. The minimum Gasteiger partial charge on any atom is -0.344 e. The predicted octanol–water partition coefficient (Wildman–Crippen LogP) is 1.06. The maximum atomic E-state index is 2.12. The van der Waals surface area contributed by atoms with Gasteiger partial charge in [0.2, 0.25) is 0 Å². The minimum atomic E-state index is 0. The van der Waals surface area contributed by atoms with Crippen molar-refractivity contribution >= 4 is 17.0 Å². The molecule has 0 aliphatic carbocycles. The lowest BCUT2D eigenvalue weighted by Crippen LogP contribution is -2.27. The Morgan fingerprint density at radius 1 is 0.857 bits per heavy atom. The van der Waals surface area contributed by atoms with E-state index in [0.29, 0.717) is 0 Å². The van der Waals surface area contributed by atoms with Crippen molar-refractivity contribution in [1.82, 2.24) is 6.15 Å². The fourth-order valence-electron chi connectivity index (χ4n) is 0. The molecule has 0 aromatic carbocycles.